The third kappa shape index (κ3) is 4.71. The number of alkyl halides is 3. The number of amides is 1. The minimum Gasteiger partial charge on any atom is -0.396 e. The summed E-state index contributed by atoms with van der Waals surface area (Å²) in [6, 6.07) is 8.25. The lowest BCUT2D eigenvalue weighted by atomic mass is 9.94. The van der Waals surface area contributed by atoms with Gasteiger partial charge in [0, 0.05) is 13.0 Å². The number of aliphatic hydroxyl groups is 2. The van der Waals surface area contributed by atoms with E-state index < -0.39 is 43.2 Å². The standard InChI is InChI=1S/C14H18F3NO3/c1-10(11-5-3-2-4-6-11)18-12(20)9-13(21,7-8-19)14(15,16)17/h2-6,10,19,21H,7-9H2,1H3,(H,18,20)/t10?,13-/m0/s1. The first-order chi connectivity index (χ1) is 9.69. The highest BCUT2D eigenvalue weighted by molar-refractivity contribution is 5.77. The second-order valence-electron chi connectivity index (χ2n) is 4.88. The average Bonchev–Trinajstić information content (AvgIpc) is 2.38. The van der Waals surface area contributed by atoms with Crippen LogP contribution in [0.25, 0.3) is 0 Å². The van der Waals surface area contributed by atoms with Gasteiger partial charge in [-0.15, -0.1) is 0 Å². The van der Waals surface area contributed by atoms with Crippen LogP contribution in [-0.2, 0) is 4.79 Å². The predicted molar refractivity (Wildman–Crippen MR) is 70.3 cm³/mol. The molecule has 0 radical (unpaired) electrons. The SMILES string of the molecule is CC(NC(=O)C[C@@](O)(CCO)C(F)(F)F)c1ccccc1. The largest absolute Gasteiger partial charge is 0.417 e. The molecule has 0 aliphatic carbocycles. The van der Waals surface area contributed by atoms with Gasteiger partial charge in [0.05, 0.1) is 12.5 Å². The summed E-state index contributed by atoms with van der Waals surface area (Å²) in [5.74, 6) is -0.931. The Hall–Kier alpha value is -1.60. The first-order valence-electron chi connectivity index (χ1n) is 6.44. The third-order valence-electron chi connectivity index (χ3n) is 3.18. The molecule has 0 aliphatic rings. The van der Waals surface area contributed by atoms with Crippen LogP contribution in [0.4, 0.5) is 13.2 Å². The Morgan fingerprint density at radius 1 is 1.29 bits per heavy atom. The maximum Gasteiger partial charge on any atom is 0.417 e. The second-order valence-corrected chi connectivity index (χ2v) is 4.88. The minimum atomic E-state index is -4.98. The summed E-state index contributed by atoms with van der Waals surface area (Å²) in [4.78, 5) is 11.7. The number of rotatable bonds is 6. The maximum absolute atomic E-state index is 12.8. The Morgan fingerprint density at radius 3 is 2.33 bits per heavy atom. The van der Waals surface area contributed by atoms with E-state index in [1.165, 1.54) is 0 Å². The minimum absolute atomic E-state index is 0.481. The van der Waals surface area contributed by atoms with E-state index in [4.69, 9.17) is 5.11 Å². The van der Waals surface area contributed by atoms with Crippen LogP contribution in [0.2, 0.25) is 0 Å². The van der Waals surface area contributed by atoms with Crippen LogP contribution in [0.3, 0.4) is 0 Å². The van der Waals surface area contributed by atoms with Gasteiger partial charge < -0.3 is 15.5 Å². The van der Waals surface area contributed by atoms with Crippen LogP contribution in [0.5, 0.6) is 0 Å². The molecule has 0 saturated carbocycles. The molecular weight excluding hydrogens is 287 g/mol. The normalized spacial score (nSPS) is 16.1. The number of carbonyl (C=O) groups is 1. The van der Waals surface area contributed by atoms with Gasteiger partial charge in [0.25, 0.3) is 0 Å². The fourth-order valence-corrected chi connectivity index (χ4v) is 1.90. The van der Waals surface area contributed by atoms with Crippen LogP contribution >= 0.6 is 0 Å². The zero-order valence-corrected chi connectivity index (χ0v) is 11.5. The number of halogens is 3. The van der Waals surface area contributed by atoms with Crippen LogP contribution in [0, 0.1) is 0 Å². The van der Waals surface area contributed by atoms with E-state index in [2.05, 4.69) is 5.32 Å². The van der Waals surface area contributed by atoms with E-state index in [1.54, 1.807) is 37.3 Å². The van der Waals surface area contributed by atoms with Crippen LogP contribution in [-0.4, -0.2) is 34.5 Å². The molecule has 1 unspecified atom stereocenters. The molecule has 1 amide bonds. The molecule has 21 heavy (non-hydrogen) atoms. The molecular formula is C14H18F3NO3. The van der Waals surface area contributed by atoms with E-state index >= 15 is 0 Å². The molecule has 1 aromatic carbocycles. The summed E-state index contributed by atoms with van der Waals surface area (Å²) in [7, 11) is 0. The van der Waals surface area contributed by atoms with E-state index in [0.29, 0.717) is 0 Å². The van der Waals surface area contributed by atoms with E-state index in [0.717, 1.165) is 5.56 Å². The smallest absolute Gasteiger partial charge is 0.396 e. The number of nitrogens with one attached hydrogen (secondary N) is 1. The number of aliphatic hydroxyl groups excluding tert-OH is 1. The third-order valence-corrected chi connectivity index (χ3v) is 3.18. The second kappa shape index (κ2) is 6.91. The predicted octanol–water partition coefficient (Wildman–Crippen LogP) is 1.93. The molecule has 0 spiro atoms. The van der Waals surface area contributed by atoms with Gasteiger partial charge in [-0.25, -0.2) is 0 Å². The van der Waals surface area contributed by atoms with Crippen molar-refractivity contribution in [2.75, 3.05) is 6.61 Å². The molecule has 1 aromatic rings. The maximum atomic E-state index is 12.8. The first-order valence-corrected chi connectivity index (χ1v) is 6.44. The van der Waals surface area contributed by atoms with Crippen LogP contribution in [0.1, 0.15) is 31.4 Å². The van der Waals surface area contributed by atoms with Gasteiger partial charge in [-0.2, -0.15) is 13.2 Å². The molecule has 0 aromatic heterocycles. The summed E-state index contributed by atoms with van der Waals surface area (Å²) in [5.41, 5.74) is -2.48. The Balaban J connectivity index is 2.71. The van der Waals surface area contributed by atoms with Crippen molar-refractivity contribution < 1.29 is 28.2 Å². The molecule has 0 bridgehead atoms. The summed E-state index contributed by atoms with van der Waals surface area (Å²) < 4.78 is 38.3. The lowest BCUT2D eigenvalue weighted by molar-refractivity contribution is -0.265. The summed E-state index contributed by atoms with van der Waals surface area (Å²) in [6.45, 7) is 0.767. The number of benzene rings is 1. The zero-order chi connectivity index (χ0) is 16.1. The topological polar surface area (TPSA) is 69.6 Å². The zero-order valence-electron chi connectivity index (χ0n) is 11.5. The van der Waals surface area contributed by atoms with Crippen LogP contribution in [0.15, 0.2) is 30.3 Å². The van der Waals surface area contributed by atoms with Gasteiger partial charge in [0.2, 0.25) is 5.91 Å². The Kier molecular flexibility index (Phi) is 5.74. The van der Waals surface area contributed by atoms with Crippen molar-refractivity contribution in [2.24, 2.45) is 0 Å². The average molecular weight is 305 g/mol. The number of hydrogen-bond donors (Lipinski definition) is 3. The molecule has 0 heterocycles. The highest BCUT2D eigenvalue weighted by Gasteiger charge is 2.54. The van der Waals surface area contributed by atoms with E-state index in [9.17, 15) is 23.1 Å². The fourth-order valence-electron chi connectivity index (χ4n) is 1.90. The molecule has 7 heteroatoms. The molecule has 0 aliphatic heterocycles. The van der Waals surface area contributed by atoms with Gasteiger partial charge in [-0.3, -0.25) is 4.79 Å². The van der Waals surface area contributed by atoms with Gasteiger partial charge in [0.1, 0.15) is 0 Å². The van der Waals surface area contributed by atoms with Crippen molar-refractivity contribution in [3.63, 3.8) is 0 Å². The molecule has 4 nitrogen and oxygen atoms in total. The molecule has 0 fully saturated rings. The summed E-state index contributed by atoms with van der Waals surface area (Å²) in [6.07, 6.45) is -7.07. The van der Waals surface area contributed by atoms with Gasteiger partial charge in [0.15, 0.2) is 5.60 Å². The van der Waals surface area contributed by atoms with Crippen molar-refractivity contribution in [3.8, 4) is 0 Å². The highest BCUT2D eigenvalue weighted by Crippen LogP contribution is 2.35. The van der Waals surface area contributed by atoms with E-state index in [-0.39, 0.29) is 0 Å². The molecule has 0 saturated heterocycles. The monoisotopic (exact) mass is 305 g/mol. The van der Waals surface area contributed by atoms with E-state index in [1.807, 2.05) is 0 Å². The Morgan fingerprint density at radius 2 is 1.86 bits per heavy atom. The van der Waals surface area contributed by atoms with Crippen molar-refractivity contribution in [1.29, 1.82) is 0 Å². The lowest BCUT2D eigenvalue weighted by Crippen LogP contribution is -2.49. The van der Waals surface area contributed by atoms with Crippen molar-refractivity contribution in [2.45, 2.75) is 37.6 Å². The molecule has 118 valence electrons. The molecule has 1 rings (SSSR count). The molecule has 3 N–H and O–H groups in total. The van der Waals surface area contributed by atoms with Crippen LogP contribution < -0.4 is 5.32 Å². The summed E-state index contributed by atoms with van der Waals surface area (Å²) in [5, 5.41) is 20.6. The Bertz CT molecular complexity index is 464. The highest BCUT2D eigenvalue weighted by atomic mass is 19.4. The fraction of sp³-hybridized carbons (Fsp3) is 0.500. The lowest BCUT2D eigenvalue weighted by Gasteiger charge is -2.29. The first kappa shape index (κ1) is 17.5. The molecule has 2 atom stereocenters. The summed E-state index contributed by atoms with van der Waals surface area (Å²) >= 11 is 0. The number of carbonyl (C=O) groups excluding carboxylic acids is 1. The van der Waals surface area contributed by atoms with Gasteiger partial charge in [-0.1, -0.05) is 30.3 Å². The van der Waals surface area contributed by atoms with Crippen molar-refractivity contribution in [3.05, 3.63) is 35.9 Å². The number of hydrogen-bond acceptors (Lipinski definition) is 3. The van der Waals surface area contributed by atoms with Gasteiger partial charge >= 0.3 is 6.18 Å². The van der Waals surface area contributed by atoms with Crippen molar-refractivity contribution in [1.82, 2.24) is 5.32 Å². The van der Waals surface area contributed by atoms with Crippen molar-refractivity contribution >= 4 is 5.91 Å². The Labute approximate surface area is 120 Å². The van der Waals surface area contributed by atoms with Gasteiger partial charge in [-0.05, 0) is 12.5 Å². The quantitative estimate of drug-likeness (QED) is 0.752.